The molecule has 2 aliphatic rings. The minimum absolute atomic E-state index is 0.241. The summed E-state index contributed by atoms with van der Waals surface area (Å²) in [5, 5.41) is 15.0. The zero-order valence-electron chi connectivity index (χ0n) is 17.5. The maximum Gasteiger partial charge on any atom is 0.339 e. The predicted molar refractivity (Wildman–Crippen MR) is 123 cm³/mol. The molecule has 0 aliphatic heterocycles. The van der Waals surface area contributed by atoms with Gasteiger partial charge in [-0.2, -0.15) is 0 Å². The number of fused-ring (bicyclic) bond motifs is 7. The van der Waals surface area contributed by atoms with Crippen molar-refractivity contribution in [1.82, 2.24) is 0 Å². The lowest BCUT2D eigenvalue weighted by molar-refractivity contribution is -0.0156. The summed E-state index contributed by atoms with van der Waals surface area (Å²) in [7, 11) is 0. The molecule has 1 fully saturated rings. The highest BCUT2D eigenvalue weighted by Gasteiger charge is 2.53. The molecule has 154 valence electrons. The number of phenols is 1. The van der Waals surface area contributed by atoms with E-state index in [-0.39, 0.29) is 11.9 Å². The van der Waals surface area contributed by atoms with Crippen LogP contribution in [0, 0.1) is 0 Å². The maximum absolute atomic E-state index is 13.4. The van der Waals surface area contributed by atoms with E-state index in [1.807, 2.05) is 48.5 Å². The van der Waals surface area contributed by atoms with Crippen LogP contribution in [0.2, 0.25) is 0 Å². The Balaban J connectivity index is 1.46. The van der Waals surface area contributed by atoms with Gasteiger partial charge in [-0.3, -0.25) is 0 Å². The first-order valence-corrected chi connectivity index (χ1v) is 11.1. The van der Waals surface area contributed by atoms with Gasteiger partial charge in [-0.1, -0.05) is 61.5 Å². The number of carbonyl (C=O) groups is 1. The van der Waals surface area contributed by atoms with Crippen LogP contribution in [-0.2, 0) is 16.8 Å². The standard InChI is InChI=1S/C28H24O3/c1-2-17-10-11-22-20(14-17)15-24-25(26(22)29)19-12-13-28(24,16-19)31-27(30)23-9-5-7-18-6-3-4-8-21(18)23/h3-11,14-15,19,29H,2,12-13,16H2,1H3. The quantitative estimate of drug-likeness (QED) is 0.389. The Kier molecular flexibility index (Phi) is 3.92. The van der Waals surface area contributed by atoms with Crippen molar-refractivity contribution in [1.29, 1.82) is 0 Å². The second kappa shape index (κ2) is 6.58. The fraction of sp³-hybridized carbons (Fsp3) is 0.250. The first kappa shape index (κ1) is 18.4. The van der Waals surface area contributed by atoms with Crippen LogP contribution in [0.25, 0.3) is 21.5 Å². The summed E-state index contributed by atoms with van der Waals surface area (Å²) < 4.78 is 6.32. The number of ether oxygens (including phenoxy) is 1. The molecule has 31 heavy (non-hydrogen) atoms. The summed E-state index contributed by atoms with van der Waals surface area (Å²) in [6.45, 7) is 2.13. The largest absolute Gasteiger partial charge is 0.507 e. The lowest BCUT2D eigenvalue weighted by atomic mass is 9.85. The molecule has 6 rings (SSSR count). The molecule has 2 atom stereocenters. The molecule has 2 aliphatic carbocycles. The van der Waals surface area contributed by atoms with Gasteiger partial charge in [0.25, 0.3) is 0 Å². The van der Waals surface area contributed by atoms with E-state index in [2.05, 4.69) is 25.1 Å². The number of aryl methyl sites for hydroxylation is 1. The number of rotatable bonds is 3. The average molecular weight is 408 g/mol. The van der Waals surface area contributed by atoms with Gasteiger partial charge in [-0.15, -0.1) is 0 Å². The lowest BCUT2D eigenvalue weighted by Gasteiger charge is -2.30. The van der Waals surface area contributed by atoms with Crippen LogP contribution in [0.15, 0.2) is 66.7 Å². The summed E-state index contributed by atoms with van der Waals surface area (Å²) >= 11 is 0. The summed E-state index contributed by atoms with van der Waals surface area (Å²) in [5.41, 5.74) is 3.16. The zero-order valence-corrected chi connectivity index (χ0v) is 17.5. The average Bonchev–Trinajstić information content (AvgIpc) is 3.35. The monoisotopic (exact) mass is 408 g/mol. The first-order chi connectivity index (χ1) is 15.1. The van der Waals surface area contributed by atoms with E-state index >= 15 is 0 Å². The normalized spacial score (nSPS) is 21.5. The predicted octanol–water partition coefficient (Wildman–Crippen LogP) is 6.59. The van der Waals surface area contributed by atoms with Crippen molar-refractivity contribution < 1.29 is 14.6 Å². The highest BCUT2D eigenvalue weighted by atomic mass is 16.6. The minimum Gasteiger partial charge on any atom is -0.507 e. The summed E-state index contributed by atoms with van der Waals surface area (Å²) in [5.74, 6) is 0.320. The van der Waals surface area contributed by atoms with Crippen LogP contribution in [-0.4, -0.2) is 11.1 Å². The SMILES string of the molecule is CCc1ccc2c(O)c3c(cc2c1)C1(OC(=O)c2cccc4ccccc24)CCC3C1. The molecule has 2 unspecified atom stereocenters. The number of carbonyl (C=O) groups excluding carboxylic acids is 1. The van der Waals surface area contributed by atoms with E-state index in [9.17, 15) is 9.90 Å². The Hall–Kier alpha value is -3.33. The molecule has 2 bridgehead atoms. The van der Waals surface area contributed by atoms with Gasteiger partial charge >= 0.3 is 5.97 Å². The van der Waals surface area contributed by atoms with Gasteiger partial charge in [0.05, 0.1) is 5.56 Å². The van der Waals surface area contributed by atoms with Crippen molar-refractivity contribution in [3.05, 3.63) is 89.0 Å². The molecule has 1 saturated carbocycles. The van der Waals surface area contributed by atoms with Crippen molar-refractivity contribution in [3.63, 3.8) is 0 Å². The molecule has 0 amide bonds. The number of esters is 1. The van der Waals surface area contributed by atoms with E-state index in [0.29, 0.717) is 11.3 Å². The molecule has 3 nitrogen and oxygen atoms in total. The van der Waals surface area contributed by atoms with Gasteiger partial charge < -0.3 is 9.84 Å². The van der Waals surface area contributed by atoms with Crippen molar-refractivity contribution in [2.45, 2.75) is 44.1 Å². The smallest absolute Gasteiger partial charge is 0.339 e. The third-order valence-corrected chi connectivity index (χ3v) is 7.29. The van der Waals surface area contributed by atoms with Gasteiger partial charge in [0.2, 0.25) is 0 Å². The van der Waals surface area contributed by atoms with Crippen LogP contribution in [0.1, 0.15) is 59.2 Å². The second-order valence-corrected chi connectivity index (χ2v) is 8.95. The van der Waals surface area contributed by atoms with Crippen molar-refractivity contribution in [3.8, 4) is 5.75 Å². The van der Waals surface area contributed by atoms with Crippen molar-refractivity contribution in [2.24, 2.45) is 0 Å². The Morgan fingerprint density at radius 3 is 2.74 bits per heavy atom. The van der Waals surface area contributed by atoms with Crippen LogP contribution in [0.5, 0.6) is 5.75 Å². The molecule has 0 heterocycles. The molecule has 0 radical (unpaired) electrons. The van der Waals surface area contributed by atoms with Gasteiger partial charge in [-0.25, -0.2) is 4.79 Å². The van der Waals surface area contributed by atoms with Gasteiger partial charge in [0, 0.05) is 16.5 Å². The molecule has 1 N–H and O–H groups in total. The highest BCUT2D eigenvalue weighted by Crippen LogP contribution is 2.61. The highest BCUT2D eigenvalue weighted by molar-refractivity contribution is 6.04. The molecule has 4 aromatic rings. The van der Waals surface area contributed by atoms with Gasteiger partial charge in [0.15, 0.2) is 0 Å². The molecule has 0 aromatic heterocycles. The van der Waals surface area contributed by atoms with E-state index in [4.69, 9.17) is 4.74 Å². The van der Waals surface area contributed by atoms with E-state index in [1.165, 1.54) is 5.56 Å². The molecule has 0 spiro atoms. The molecular weight excluding hydrogens is 384 g/mol. The fourth-order valence-electron chi connectivity index (χ4n) is 5.75. The van der Waals surface area contributed by atoms with Crippen LogP contribution in [0.4, 0.5) is 0 Å². The van der Waals surface area contributed by atoms with Crippen molar-refractivity contribution >= 4 is 27.5 Å². The number of aromatic hydroxyl groups is 1. The minimum atomic E-state index is -0.651. The number of hydrogen-bond acceptors (Lipinski definition) is 3. The zero-order chi connectivity index (χ0) is 21.2. The van der Waals surface area contributed by atoms with Crippen molar-refractivity contribution in [2.75, 3.05) is 0 Å². The van der Waals surface area contributed by atoms with E-state index in [0.717, 1.165) is 58.4 Å². The van der Waals surface area contributed by atoms with Gasteiger partial charge in [0.1, 0.15) is 11.4 Å². The molecule has 4 aromatic carbocycles. The number of hydrogen-bond donors (Lipinski definition) is 1. The topological polar surface area (TPSA) is 46.5 Å². The summed E-state index contributed by atoms with van der Waals surface area (Å²) in [4.78, 5) is 13.4. The first-order valence-electron chi connectivity index (χ1n) is 11.1. The van der Waals surface area contributed by atoms with Crippen LogP contribution < -0.4 is 0 Å². The summed E-state index contributed by atoms with van der Waals surface area (Å²) in [6.07, 6.45) is 3.43. The molecule has 3 heteroatoms. The Morgan fingerprint density at radius 1 is 1.03 bits per heavy atom. The molecule has 0 saturated heterocycles. The third-order valence-electron chi connectivity index (χ3n) is 7.29. The van der Waals surface area contributed by atoms with E-state index < -0.39 is 5.60 Å². The Morgan fingerprint density at radius 2 is 1.87 bits per heavy atom. The lowest BCUT2D eigenvalue weighted by Crippen LogP contribution is -2.28. The third kappa shape index (κ3) is 2.62. The van der Waals surface area contributed by atoms with E-state index in [1.54, 1.807) is 0 Å². The number of phenolic OH excluding ortho intramolecular Hbond substituents is 1. The summed E-state index contributed by atoms with van der Waals surface area (Å²) in [6, 6.07) is 22.1. The second-order valence-electron chi connectivity index (χ2n) is 8.95. The Labute approximate surface area is 181 Å². The van der Waals surface area contributed by atoms with Crippen LogP contribution in [0.3, 0.4) is 0 Å². The Bertz CT molecular complexity index is 1360. The maximum atomic E-state index is 13.4. The van der Waals surface area contributed by atoms with Gasteiger partial charge in [-0.05, 0) is 65.5 Å². The fourth-order valence-corrected chi connectivity index (χ4v) is 5.75. The van der Waals surface area contributed by atoms with Crippen LogP contribution >= 0.6 is 0 Å². The molecular formula is C28H24O3. The number of benzene rings is 4.